The fraction of sp³-hybridized carbons (Fsp3) is 0.176. The lowest BCUT2D eigenvalue weighted by molar-refractivity contribution is -0.113. The summed E-state index contributed by atoms with van der Waals surface area (Å²) in [5.74, 6) is -1.19. The number of hydrogen-bond donors (Lipinski definition) is 2. The number of carbonyl (C=O) groups is 2. The average molecular weight is 350 g/mol. The van der Waals surface area contributed by atoms with Crippen LogP contribution in [0.25, 0.3) is 0 Å². The second-order valence-corrected chi connectivity index (χ2v) is 6.51. The molecule has 0 bridgehead atoms. The Balaban J connectivity index is 2.09. The first-order valence-electron chi connectivity index (χ1n) is 6.90. The van der Waals surface area contributed by atoms with Crippen molar-refractivity contribution in [3.63, 3.8) is 0 Å². The quantitative estimate of drug-likeness (QED) is 0.786. The monoisotopic (exact) mass is 349 g/mol. The predicted octanol–water partition coefficient (Wildman–Crippen LogP) is 4.39. The van der Waals surface area contributed by atoms with Crippen LogP contribution < -0.4 is 5.32 Å². The summed E-state index contributed by atoms with van der Waals surface area (Å²) in [6.45, 7) is 3.67. The molecule has 2 aromatic rings. The van der Waals surface area contributed by atoms with Gasteiger partial charge in [-0.25, -0.2) is 4.79 Å². The van der Waals surface area contributed by atoms with Gasteiger partial charge in [0, 0.05) is 9.92 Å². The molecule has 1 amide bonds. The van der Waals surface area contributed by atoms with Gasteiger partial charge in [-0.15, -0.1) is 11.8 Å². The second-order valence-electron chi connectivity index (χ2n) is 5.05. The zero-order valence-electron chi connectivity index (χ0n) is 12.7. The summed E-state index contributed by atoms with van der Waals surface area (Å²) < 4.78 is 0. The van der Waals surface area contributed by atoms with E-state index in [4.69, 9.17) is 11.6 Å². The Morgan fingerprint density at radius 2 is 1.78 bits per heavy atom. The van der Waals surface area contributed by atoms with Crippen molar-refractivity contribution in [2.45, 2.75) is 18.7 Å². The molecule has 0 aromatic heterocycles. The first-order valence-corrected chi connectivity index (χ1v) is 8.26. The van der Waals surface area contributed by atoms with Crippen LogP contribution in [0, 0.1) is 13.8 Å². The van der Waals surface area contributed by atoms with Crippen molar-refractivity contribution in [2.24, 2.45) is 0 Å². The lowest BCUT2D eigenvalue weighted by Gasteiger charge is -2.13. The standard InChI is InChI=1S/C17H16ClNO3S/c1-10-3-5-12(6-4-10)23-9-15(20)19-16-11(2)14(18)8-7-13(16)17(21)22/h3-8H,9H2,1-2H3,(H,19,20)(H,21,22). The molecule has 0 atom stereocenters. The van der Waals surface area contributed by atoms with E-state index in [9.17, 15) is 14.7 Å². The smallest absolute Gasteiger partial charge is 0.337 e. The van der Waals surface area contributed by atoms with Crippen LogP contribution in [0.5, 0.6) is 0 Å². The molecule has 0 aliphatic carbocycles. The van der Waals surface area contributed by atoms with Gasteiger partial charge in [0.15, 0.2) is 0 Å². The van der Waals surface area contributed by atoms with Crippen molar-refractivity contribution in [3.05, 3.63) is 58.1 Å². The Morgan fingerprint density at radius 3 is 2.39 bits per heavy atom. The van der Waals surface area contributed by atoms with E-state index in [1.54, 1.807) is 6.92 Å². The SMILES string of the molecule is Cc1ccc(SCC(=O)Nc2c(C(=O)O)ccc(Cl)c2C)cc1. The second kappa shape index (κ2) is 7.53. The summed E-state index contributed by atoms with van der Waals surface area (Å²) in [5.41, 5.74) is 1.97. The third kappa shape index (κ3) is 4.50. The van der Waals surface area contributed by atoms with Crippen LogP contribution in [-0.2, 0) is 4.79 Å². The highest BCUT2D eigenvalue weighted by Crippen LogP contribution is 2.28. The molecule has 0 aliphatic rings. The van der Waals surface area contributed by atoms with E-state index in [-0.39, 0.29) is 22.9 Å². The Morgan fingerprint density at radius 1 is 1.13 bits per heavy atom. The van der Waals surface area contributed by atoms with Crippen LogP contribution in [0.4, 0.5) is 5.69 Å². The molecule has 23 heavy (non-hydrogen) atoms. The maximum Gasteiger partial charge on any atom is 0.337 e. The highest BCUT2D eigenvalue weighted by Gasteiger charge is 2.16. The minimum Gasteiger partial charge on any atom is -0.478 e. The number of halogens is 1. The van der Waals surface area contributed by atoms with E-state index in [2.05, 4.69) is 5.32 Å². The first-order chi connectivity index (χ1) is 10.9. The van der Waals surface area contributed by atoms with Crippen LogP contribution in [0.15, 0.2) is 41.3 Å². The molecule has 2 aromatic carbocycles. The lowest BCUT2D eigenvalue weighted by Crippen LogP contribution is -2.17. The number of benzene rings is 2. The predicted molar refractivity (Wildman–Crippen MR) is 93.7 cm³/mol. The summed E-state index contributed by atoms with van der Waals surface area (Å²) in [7, 11) is 0. The van der Waals surface area contributed by atoms with E-state index in [1.807, 2.05) is 31.2 Å². The number of anilines is 1. The number of thioether (sulfide) groups is 1. The van der Waals surface area contributed by atoms with Gasteiger partial charge in [0.2, 0.25) is 5.91 Å². The summed E-state index contributed by atoms with van der Waals surface area (Å²) in [5, 5.41) is 12.3. The van der Waals surface area contributed by atoms with Gasteiger partial charge in [-0.05, 0) is 43.7 Å². The van der Waals surface area contributed by atoms with Gasteiger partial charge in [0.05, 0.1) is 17.0 Å². The number of aromatic carboxylic acids is 1. The molecule has 0 aliphatic heterocycles. The molecule has 6 heteroatoms. The van der Waals surface area contributed by atoms with Crippen molar-refractivity contribution in [2.75, 3.05) is 11.1 Å². The fourth-order valence-electron chi connectivity index (χ4n) is 1.98. The van der Waals surface area contributed by atoms with Crippen molar-refractivity contribution in [3.8, 4) is 0 Å². The van der Waals surface area contributed by atoms with Gasteiger partial charge in [-0.2, -0.15) is 0 Å². The fourth-order valence-corrected chi connectivity index (χ4v) is 2.84. The number of amides is 1. The van der Waals surface area contributed by atoms with Crippen molar-refractivity contribution >= 4 is 40.9 Å². The zero-order chi connectivity index (χ0) is 17.0. The molecule has 0 heterocycles. The van der Waals surface area contributed by atoms with E-state index >= 15 is 0 Å². The number of rotatable bonds is 5. The number of carbonyl (C=O) groups excluding carboxylic acids is 1. The van der Waals surface area contributed by atoms with Gasteiger partial charge >= 0.3 is 5.97 Å². The maximum absolute atomic E-state index is 12.1. The minimum atomic E-state index is -1.11. The number of carboxylic acid groups (broad SMARTS) is 1. The summed E-state index contributed by atoms with van der Waals surface area (Å²) in [4.78, 5) is 24.4. The summed E-state index contributed by atoms with van der Waals surface area (Å²) in [6.07, 6.45) is 0. The van der Waals surface area contributed by atoms with Crippen LogP contribution in [-0.4, -0.2) is 22.7 Å². The van der Waals surface area contributed by atoms with Gasteiger partial charge in [0.1, 0.15) is 0 Å². The van der Waals surface area contributed by atoms with Crippen molar-refractivity contribution in [1.29, 1.82) is 0 Å². The molecule has 0 saturated heterocycles. The molecule has 0 radical (unpaired) electrons. The normalized spacial score (nSPS) is 10.4. The minimum absolute atomic E-state index is 0.0283. The molecule has 0 unspecified atom stereocenters. The Bertz CT molecular complexity index is 744. The summed E-state index contributed by atoms with van der Waals surface area (Å²) in [6, 6.07) is 10.7. The Hall–Kier alpha value is -1.98. The van der Waals surface area contributed by atoms with Gasteiger partial charge in [-0.3, -0.25) is 4.79 Å². The van der Waals surface area contributed by atoms with Crippen LogP contribution >= 0.6 is 23.4 Å². The molecule has 0 spiro atoms. The third-order valence-electron chi connectivity index (χ3n) is 3.28. The molecule has 2 N–H and O–H groups in total. The van der Waals surface area contributed by atoms with E-state index in [0.717, 1.165) is 10.5 Å². The molecule has 2 rings (SSSR count). The van der Waals surface area contributed by atoms with Gasteiger partial charge in [0.25, 0.3) is 0 Å². The van der Waals surface area contributed by atoms with Crippen LogP contribution in [0.2, 0.25) is 5.02 Å². The molecular formula is C17H16ClNO3S. The largest absolute Gasteiger partial charge is 0.478 e. The zero-order valence-corrected chi connectivity index (χ0v) is 14.3. The third-order valence-corrected chi connectivity index (χ3v) is 4.71. The number of carboxylic acids is 1. The molecule has 0 fully saturated rings. The molecular weight excluding hydrogens is 334 g/mol. The highest BCUT2D eigenvalue weighted by atomic mass is 35.5. The lowest BCUT2D eigenvalue weighted by atomic mass is 10.1. The van der Waals surface area contributed by atoms with Crippen LogP contribution in [0.3, 0.4) is 0 Å². The van der Waals surface area contributed by atoms with Crippen molar-refractivity contribution < 1.29 is 14.7 Å². The van der Waals surface area contributed by atoms with Crippen LogP contribution in [0.1, 0.15) is 21.5 Å². The van der Waals surface area contributed by atoms with E-state index < -0.39 is 5.97 Å². The molecule has 120 valence electrons. The topological polar surface area (TPSA) is 66.4 Å². The summed E-state index contributed by atoms with van der Waals surface area (Å²) >= 11 is 7.40. The molecule has 4 nitrogen and oxygen atoms in total. The number of hydrogen-bond acceptors (Lipinski definition) is 3. The van der Waals surface area contributed by atoms with E-state index in [1.165, 1.54) is 23.9 Å². The van der Waals surface area contributed by atoms with E-state index in [0.29, 0.717) is 10.6 Å². The Kier molecular flexibility index (Phi) is 5.69. The number of nitrogens with one attached hydrogen (secondary N) is 1. The average Bonchev–Trinajstić information content (AvgIpc) is 2.51. The maximum atomic E-state index is 12.1. The first kappa shape index (κ1) is 17.4. The number of aryl methyl sites for hydroxylation is 1. The van der Waals surface area contributed by atoms with Crippen molar-refractivity contribution in [1.82, 2.24) is 0 Å². The Labute approximate surface area is 143 Å². The highest BCUT2D eigenvalue weighted by molar-refractivity contribution is 8.00. The van der Waals surface area contributed by atoms with Gasteiger partial charge < -0.3 is 10.4 Å². The molecule has 0 saturated carbocycles. The van der Waals surface area contributed by atoms with Gasteiger partial charge in [-0.1, -0.05) is 29.3 Å².